The molecule has 0 amide bonds. The average molecular weight is 306 g/mol. The molecule has 0 aromatic carbocycles. The summed E-state index contributed by atoms with van der Waals surface area (Å²) in [6.45, 7) is 0.617. The first-order valence-corrected chi connectivity index (χ1v) is 8.47. The predicted octanol–water partition coefficient (Wildman–Crippen LogP) is 0.580. The Morgan fingerprint density at radius 3 is 2.30 bits per heavy atom. The highest BCUT2D eigenvalue weighted by atomic mass is 32.2. The lowest BCUT2D eigenvalue weighted by Gasteiger charge is -2.29. The van der Waals surface area contributed by atoms with Crippen molar-refractivity contribution in [3.63, 3.8) is 0 Å². The van der Waals surface area contributed by atoms with E-state index in [0.29, 0.717) is 25.9 Å². The molecule has 2 fully saturated rings. The molecule has 1 aliphatic carbocycles. The number of carbonyl (C=O) groups excluding carboxylic acids is 1. The molecule has 0 unspecified atom stereocenters. The smallest absolute Gasteiger partial charge is 0.308 e. The van der Waals surface area contributed by atoms with Crippen molar-refractivity contribution in [2.24, 2.45) is 5.92 Å². The molecule has 2 aliphatic rings. The molecule has 0 aromatic heterocycles. The first-order valence-electron chi connectivity index (χ1n) is 7.03. The van der Waals surface area contributed by atoms with Gasteiger partial charge in [0.1, 0.15) is 0 Å². The van der Waals surface area contributed by atoms with Crippen molar-refractivity contribution in [2.75, 3.05) is 20.2 Å². The van der Waals surface area contributed by atoms with Gasteiger partial charge in [0, 0.05) is 13.1 Å². The number of ether oxygens (including phenoxy) is 1. The molecule has 0 atom stereocenters. The summed E-state index contributed by atoms with van der Waals surface area (Å²) in [6, 6.07) is 0. The molecular weight excluding hydrogens is 284 g/mol. The number of hydrogen-bond acceptors (Lipinski definition) is 5. The summed E-state index contributed by atoms with van der Waals surface area (Å²) in [6.07, 6.45) is 4.90. The van der Waals surface area contributed by atoms with Crippen LogP contribution in [0.4, 0.5) is 0 Å². The monoisotopic (exact) mass is 306 g/mol. The lowest BCUT2D eigenvalue weighted by molar-refractivity contribution is -0.146. The van der Waals surface area contributed by atoms with Crippen molar-refractivity contribution >= 4 is 16.2 Å². The van der Waals surface area contributed by atoms with Crippen LogP contribution >= 0.6 is 0 Å². The zero-order valence-corrected chi connectivity index (χ0v) is 12.5. The molecule has 1 saturated heterocycles. The maximum Gasteiger partial charge on any atom is 0.308 e. The second-order valence-electron chi connectivity index (χ2n) is 5.31. The number of esters is 1. The van der Waals surface area contributed by atoms with E-state index in [4.69, 9.17) is 4.84 Å². The van der Waals surface area contributed by atoms with E-state index in [0.717, 1.165) is 25.7 Å². The maximum absolute atomic E-state index is 12.1. The highest BCUT2D eigenvalue weighted by Gasteiger charge is 2.32. The maximum atomic E-state index is 12.1. The first-order chi connectivity index (χ1) is 9.53. The van der Waals surface area contributed by atoms with Crippen molar-refractivity contribution in [1.29, 1.82) is 0 Å². The normalized spacial score (nSPS) is 23.1. The van der Waals surface area contributed by atoms with Crippen molar-refractivity contribution in [2.45, 2.75) is 44.6 Å². The standard InChI is InChI=1S/C12H22N2O5S/c1-18-12(15)10-6-8-14(9-7-10)20(16,17)13-19-11-4-2-3-5-11/h10-11,13H,2-9H2,1H3. The first kappa shape index (κ1) is 15.7. The molecule has 2 rings (SSSR count). The molecule has 116 valence electrons. The number of nitrogens with zero attached hydrogens (tertiary/aromatic N) is 1. The molecule has 0 aromatic rings. The van der Waals surface area contributed by atoms with Gasteiger partial charge in [-0.2, -0.15) is 12.7 Å². The molecule has 7 nitrogen and oxygen atoms in total. The molecule has 0 bridgehead atoms. The summed E-state index contributed by atoms with van der Waals surface area (Å²) in [5.41, 5.74) is 0. The van der Waals surface area contributed by atoms with Crippen LogP contribution in [0.1, 0.15) is 38.5 Å². The third kappa shape index (κ3) is 3.91. The van der Waals surface area contributed by atoms with Gasteiger partial charge in [-0.15, -0.1) is 0 Å². The highest BCUT2D eigenvalue weighted by molar-refractivity contribution is 7.87. The fraction of sp³-hybridized carbons (Fsp3) is 0.917. The minimum atomic E-state index is -3.62. The zero-order chi connectivity index (χ0) is 14.6. The molecule has 1 heterocycles. The summed E-state index contributed by atoms with van der Waals surface area (Å²) >= 11 is 0. The van der Waals surface area contributed by atoms with Crippen molar-refractivity contribution in [3.8, 4) is 0 Å². The highest BCUT2D eigenvalue weighted by Crippen LogP contribution is 2.22. The second-order valence-corrected chi connectivity index (χ2v) is 6.94. The SMILES string of the molecule is COC(=O)C1CCN(S(=O)(=O)NOC2CCCC2)CC1. The van der Waals surface area contributed by atoms with Crippen LogP contribution in [0, 0.1) is 5.92 Å². The Bertz CT molecular complexity index is 425. The largest absolute Gasteiger partial charge is 0.469 e. The summed E-state index contributed by atoms with van der Waals surface area (Å²) in [5, 5.41) is 0. The van der Waals surface area contributed by atoms with Crippen LogP contribution in [-0.2, 0) is 24.6 Å². The summed E-state index contributed by atoms with van der Waals surface area (Å²) < 4.78 is 30.1. The summed E-state index contributed by atoms with van der Waals surface area (Å²) in [7, 11) is -2.27. The summed E-state index contributed by atoms with van der Waals surface area (Å²) in [4.78, 5) is 18.8. The molecular formula is C12H22N2O5S. The molecule has 1 saturated carbocycles. The predicted molar refractivity (Wildman–Crippen MR) is 71.7 cm³/mol. The van der Waals surface area contributed by atoms with Gasteiger partial charge in [0.15, 0.2) is 0 Å². The van der Waals surface area contributed by atoms with Crippen LogP contribution in [-0.4, -0.2) is 45.0 Å². The van der Waals surface area contributed by atoms with Crippen molar-refractivity contribution < 1.29 is 22.8 Å². The summed E-state index contributed by atoms with van der Waals surface area (Å²) in [5.74, 6) is -0.473. The number of piperidine rings is 1. The van der Waals surface area contributed by atoms with E-state index in [-0.39, 0.29) is 18.0 Å². The molecule has 1 aliphatic heterocycles. The van der Waals surface area contributed by atoms with Gasteiger partial charge < -0.3 is 4.74 Å². The minimum Gasteiger partial charge on any atom is -0.469 e. The Morgan fingerprint density at radius 2 is 1.75 bits per heavy atom. The lowest BCUT2D eigenvalue weighted by atomic mass is 9.99. The van der Waals surface area contributed by atoms with Crippen LogP contribution in [0.15, 0.2) is 0 Å². The van der Waals surface area contributed by atoms with Crippen LogP contribution in [0.25, 0.3) is 0 Å². The van der Waals surface area contributed by atoms with Crippen LogP contribution in [0.3, 0.4) is 0 Å². The fourth-order valence-electron chi connectivity index (χ4n) is 2.69. The van der Waals surface area contributed by atoms with E-state index in [9.17, 15) is 13.2 Å². The minimum absolute atomic E-state index is 0.0163. The number of nitrogens with one attached hydrogen (secondary N) is 1. The van der Waals surface area contributed by atoms with Crippen molar-refractivity contribution in [1.82, 2.24) is 9.19 Å². The van der Waals surface area contributed by atoms with Gasteiger partial charge in [0.2, 0.25) is 0 Å². The van der Waals surface area contributed by atoms with Gasteiger partial charge in [0.25, 0.3) is 0 Å². The van der Waals surface area contributed by atoms with Gasteiger partial charge in [0.05, 0.1) is 19.1 Å². The van der Waals surface area contributed by atoms with Crippen LogP contribution in [0.5, 0.6) is 0 Å². The van der Waals surface area contributed by atoms with Gasteiger partial charge in [-0.3, -0.25) is 9.63 Å². The van der Waals surface area contributed by atoms with Gasteiger partial charge in [-0.25, -0.2) is 0 Å². The average Bonchev–Trinajstić information content (AvgIpc) is 2.98. The number of hydrogen-bond donors (Lipinski definition) is 1. The lowest BCUT2D eigenvalue weighted by Crippen LogP contribution is -2.46. The van der Waals surface area contributed by atoms with Crippen molar-refractivity contribution in [3.05, 3.63) is 0 Å². The van der Waals surface area contributed by atoms with Crippen LogP contribution < -0.4 is 4.89 Å². The Hall–Kier alpha value is -0.700. The van der Waals surface area contributed by atoms with E-state index in [1.54, 1.807) is 0 Å². The van der Waals surface area contributed by atoms with E-state index in [2.05, 4.69) is 9.62 Å². The zero-order valence-electron chi connectivity index (χ0n) is 11.7. The van der Waals surface area contributed by atoms with E-state index in [1.165, 1.54) is 11.4 Å². The second kappa shape index (κ2) is 6.84. The van der Waals surface area contributed by atoms with Crippen LogP contribution in [0.2, 0.25) is 0 Å². The van der Waals surface area contributed by atoms with Gasteiger partial charge in [-0.1, -0.05) is 17.7 Å². The Kier molecular flexibility index (Phi) is 5.36. The fourth-order valence-corrected chi connectivity index (χ4v) is 3.74. The van der Waals surface area contributed by atoms with E-state index >= 15 is 0 Å². The Balaban J connectivity index is 1.80. The number of methoxy groups -OCH3 is 1. The molecule has 0 spiro atoms. The molecule has 8 heteroatoms. The third-order valence-electron chi connectivity index (χ3n) is 3.95. The Morgan fingerprint density at radius 1 is 1.15 bits per heavy atom. The molecule has 1 N–H and O–H groups in total. The van der Waals surface area contributed by atoms with Gasteiger partial charge in [-0.05, 0) is 25.7 Å². The number of rotatable bonds is 5. The third-order valence-corrected chi connectivity index (χ3v) is 5.30. The molecule has 0 radical (unpaired) electrons. The quantitative estimate of drug-likeness (QED) is 0.593. The Labute approximate surface area is 119 Å². The van der Waals surface area contributed by atoms with Gasteiger partial charge >= 0.3 is 16.2 Å². The number of carbonyl (C=O) groups is 1. The topological polar surface area (TPSA) is 84.9 Å². The van der Waals surface area contributed by atoms with E-state index in [1.807, 2.05) is 0 Å². The molecule has 20 heavy (non-hydrogen) atoms. The van der Waals surface area contributed by atoms with E-state index < -0.39 is 10.2 Å².